The number of nitrogens with one attached hydrogen (secondary N) is 1. The van der Waals surface area contributed by atoms with Gasteiger partial charge in [-0.3, -0.25) is 4.79 Å². The SMILES string of the molecule is CNCc1nnc(N2CCCCC2C(N)=O)o1. The number of anilines is 1. The van der Waals surface area contributed by atoms with Gasteiger partial charge >= 0.3 is 6.01 Å². The molecule has 0 saturated carbocycles. The highest BCUT2D eigenvalue weighted by Gasteiger charge is 2.30. The van der Waals surface area contributed by atoms with E-state index in [1.54, 1.807) is 11.9 Å². The molecule has 0 radical (unpaired) electrons. The van der Waals surface area contributed by atoms with Crippen LogP contribution in [0.25, 0.3) is 0 Å². The number of hydrogen-bond donors (Lipinski definition) is 2. The van der Waals surface area contributed by atoms with Gasteiger partial charge in [0.1, 0.15) is 6.04 Å². The van der Waals surface area contributed by atoms with E-state index in [4.69, 9.17) is 10.2 Å². The van der Waals surface area contributed by atoms with Gasteiger partial charge in [0.15, 0.2) is 0 Å². The predicted molar refractivity (Wildman–Crippen MR) is 61.2 cm³/mol. The predicted octanol–water partition coefficient (Wildman–Crippen LogP) is -0.367. The van der Waals surface area contributed by atoms with E-state index in [1.807, 2.05) is 0 Å². The second-order valence-corrected chi connectivity index (χ2v) is 4.12. The van der Waals surface area contributed by atoms with Crippen LogP contribution >= 0.6 is 0 Å². The second kappa shape index (κ2) is 5.13. The zero-order valence-corrected chi connectivity index (χ0v) is 9.85. The van der Waals surface area contributed by atoms with Crippen LogP contribution in [0.15, 0.2) is 4.42 Å². The number of rotatable bonds is 4. The van der Waals surface area contributed by atoms with Crippen LogP contribution in [-0.4, -0.2) is 35.7 Å². The monoisotopic (exact) mass is 239 g/mol. The summed E-state index contributed by atoms with van der Waals surface area (Å²) >= 11 is 0. The van der Waals surface area contributed by atoms with E-state index >= 15 is 0 Å². The minimum atomic E-state index is -0.335. The first-order chi connectivity index (χ1) is 8.22. The third-order valence-electron chi connectivity index (χ3n) is 2.86. The van der Waals surface area contributed by atoms with Crippen molar-refractivity contribution >= 4 is 11.9 Å². The molecule has 1 unspecified atom stereocenters. The highest BCUT2D eigenvalue weighted by Crippen LogP contribution is 2.23. The van der Waals surface area contributed by atoms with Crippen molar-refractivity contribution in [1.29, 1.82) is 0 Å². The molecule has 94 valence electrons. The molecule has 1 aromatic rings. The maximum atomic E-state index is 11.3. The highest BCUT2D eigenvalue weighted by atomic mass is 16.4. The van der Waals surface area contributed by atoms with Gasteiger partial charge in [-0.1, -0.05) is 5.10 Å². The average molecular weight is 239 g/mol. The average Bonchev–Trinajstić information content (AvgIpc) is 2.78. The van der Waals surface area contributed by atoms with E-state index in [1.165, 1.54) is 0 Å². The Bertz CT molecular complexity index is 392. The molecule has 0 bridgehead atoms. The quantitative estimate of drug-likeness (QED) is 0.744. The van der Waals surface area contributed by atoms with Gasteiger partial charge in [-0.15, -0.1) is 5.10 Å². The normalized spacial score (nSPS) is 20.5. The first-order valence-electron chi connectivity index (χ1n) is 5.75. The van der Waals surface area contributed by atoms with E-state index in [-0.39, 0.29) is 11.9 Å². The summed E-state index contributed by atoms with van der Waals surface area (Å²) in [4.78, 5) is 13.2. The molecule has 1 aliphatic rings. The van der Waals surface area contributed by atoms with Gasteiger partial charge in [-0.2, -0.15) is 0 Å². The Balaban J connectivity index is 2.14. The number of nitrogens with zero attached hydrogens (tertiary/aromatic N) is 3. The van der Waals surface area contributed by atoms with E-state index in [2.05, 4.69) is 15.5 Å². The Morgan fingerprint density at radius 2 is 2.41 bits per heavy atom. The lowest BCUT2D eigenvalue weighted by Gasteiger charge is -2.31. The van der Waals surface area contributed by atoms with Gasteiger partial charge < -0.3 is 20.4 Å². The molecule has 1 fully saturated rings. The van der Waals surface area contributed by atoms with Crippen molar-refractivity contribution in [1.82, 2.24) is 15.5 Å². The fourth-order valence-electron chi connectivity index (χ4n) is 2.04. The number of primary amides is 1. The number of amides is 1. The topological polar surface area (TPSA) is 97.3 Å². The van der Waals surface area contributed by atoms with Crippen LogP contribution in [0.3, 0.4) is 0 Å². The molecule has 0 aromatic carbocycles. The van der Waals surface area contributed by atoms with Gasteiger partial charge in [0, 0.05) is 6.54 Å². The molecule has 7 nitrogen and oxygen atoms in total. The number of piperidine rings is 1. The summed E-state index contributed by atoms with van der Waals surface area (Å²) < 4.78 is 5.48. The first kappa shape index (κ1) is 11.8. The van der Waals surface area contributed by atoms with E-state index in [0.717, 1.165) is 25.8 Å². The number of hydrogen-bond acceptors (Lipinski definition) is 6. The lowest BCUT2D eigenvalue weighted by Crippen LogP contribution is -2.48. The van der Waals surface area contributed by atoms with Crippen LogP contribution in [0.5, 0.6) is 0 Å². The number of aromatic nitrogens is 2. The third-order valence-corrected chi connectivity index (χ3v) is 2.86. The van der Waals surface area contributed by atoms with Gasteiger partial charge in [0.25, 0.3) is 0 Å². The van der Waals surface area contributed by atoms with Crippen molar-refractivity contribution in [2.45, 2.75) is 31.8 Å². The summed E-state index contributed by atoms with van der Waals surface area (Å²) in [6.07, 6.45) is 2.76. The van der Waals surface area contributed by atoms with Gasteiger partial charge in [-0.05, 0) is 26.3 Å². The minimum absolute atomic E-state index is 0.327. The third kappa shape index (κ3) is 2.55. The minimum Gasteiger partial charge on any atom is -0.407 e. The van der Waals surface area contributed by atoms with Crippen molar-refractivity contribution in [3.8, 4) is 0 Å². The summed E-state index contributed by atoms with van der Waals surface area (Å²) in [5.41, 5.74) is 5.38. The molecular formula is C10H17N5O2. The molecule has 2 rings (SSSR count). The summed E-state index contributed by atoms with van der Waals surface area (Å²) in [7, 11) is 1.80. The summed E-state index contributed by atoms with van der Waals surface area (Å²) in [6.45, 7) is 1.25. The van der Waals surface area contributed by atoms with E-state index in [9.17, 15) is 4.79 Å². The Labute approximate surface area is 99.4 Å². The largest absolute Gasteiger partial charge is 0.407 e. The second-order valence-electron chi connectivity index (χ2n) is 4.12. The molecule has 0 aliphatic carbocycles. The van der Waals surface area contributed by atoms with Crippen LogP contribution in [0.1, 0.15) is 25.2 Å². The summed E-state index contributed by atoms with van der Waals surface area (Å²) in [5, 5.41) is 10.8. The fraction of sp³-hybridized carbons (Fsp3) is 0.700. The molecule has 1 amide bonds. The Morgan fingerprint density at radius 3 is 3.12 bits per heavy atom. The maximum Gasteiger partial charge on any atom is 0.318 e. The van der Waals surface area contributed by atoms with Crippen LogP contribution in [-0.2, 0) is 11.3 Å². The van der Waals surface area contributed by atoms with E-state index < -0.39 is 0 Å². The fourth-order valence-corrected chi connectivity index (χ4v) is 2.04. The van der Waals surface area contributed by atoms with Crippen molar-refractivity contribution in [3.05, 3.63) is 5.89 Å². The van der Waals surface area contributed by atoms with Crippen LogP contribution < -0.4 is 16.0 Å². The van der Waals surface area contributed by atoms with Gasteiger partial charge in [-0.25, -0.2) is 0 Å². The number of carbonyl (C=O) groups excluding carboxylic acids is 1. The van der Waals surface area contributed by atoms with Crippen LogP contribution in [0, 0.1) is 0 Å². The Kier molecular flexibility index (Phi) is 3.58. The Hall–Kier alpha value is -1.63. The molecule has 1 atom stereocenters. The molecule has 17 heavy (non-hydrogen) atoms. The maximum absolute atomic E-state index is 11.3. The lowest BCUT2D eigenvalue weighted by molar-refractivity contribution is -0.119. The van der Waals surface area contributed by atoms with Crippen molar-refractivity contribution in [2.24, 2.45) is 5.73 Å². The molecule has 7 heteroatoms. The zero-order chi connectivity index (χ0) is 12.3. The van der Waals surface area contributed by atoms with Crippen LogP contribution in [0.2, 0.25) is 0 Å². The highest BCUT2D eigenvalue weighted by molar-refractivity contribution is 5.83. The lowest BCUT2D eigenvalue weighted by atomic mass is 10.0. The molecular weight excluding hydrogens is 222 g/mol. The molecule has 1 saturated heterocycles. The van der Waals surface area contributed by atoms with Gasteiger partial charge in [0.2, 0.25) is 11.8 Å². The number of carbonyl (C=O) groups is 1. The van der Waals surface area contributed by atoms with Crippen molar-refractivity contribution < 1.29 is 9.21 Å². The molecule has 1 aliphatic heterocycles. The van der Waals surface area contributed by atoms with Crippen molar-refractivity contribution in [3.63, 3.8) is 0 Å². The number of nitrogens with two attached hydrogens (primary N) is 1. The van der Waals surface area contributed by atoms with Crippen LogP contribution in [0.4, 0.5) is 6.01 Å². The standard InChI is InChI=1S/C10H17N5O2/c1-12-6-8-13-14-10(17-8)15-5-3-2-4-7(15)9(11)16/h7,12H,2-6H2,1H3,(H2,11,16). The molecule has 1 aromatic heterocycles. The molecule has 2 heterocycles. The van der Waals surface area contributed by atoms with Crippen molar-refractivity contribution in [2.75, 3.05) is 18.5 Å². The molecule has 0 spiro atoms. The van der Waals surface area contributed by atoms with Gasteiger partial charge in [0.05, 0.1) is 6.54 Å². The summed E-state index contributed by atoms with van der Waals surface area (Å²) in [5.74, 6) is 0.175. The smallest absolute Gasteiger partial charge is 0.318 e. The first-order valence-corrected chi connectivity index (χ1v) is 5.75. The molecule has 3 N–H and O–H groups in total. The zero-order valence-electron chi connectivity index (χ0n) is 9.85. The Morgan fingerprint density at radius 1 is 1.59 bits per heavy atom. The van der Waals surface area contributed by atoms with E-state index in [0.29, 0.717) is 18.5 Å². The summed E-state index contributed by atoms with van der Waals surface area (Å²) in [6, 6.07) is 0.0605.